The van der Waals surface area contributed by atoms with Gasteiger partial charge in [-0.15, -0.1) is 0 Å². The maximum Gasteiger partial charge on any atom is 0.313 e. The van der Waals surface area contributed by atoms with Crippen LogP contribution < -0.4 is 16.0 Å². The summed E-state index contributed by atoms with van der Waals surface area (Å²) in [6.07, 6.45) is 0. The summed E-state index contributed by atoms with van der Waals surface area (Å²) in [7, 11) is 0. The van der Waals surface area contributed by atoms with Crippen LogP contribution in [0.1, 0.15) is 11.1 Å². The largest absolute Gasteiger partial charge is 0.339 e. The molecule has 0 aliphatic carbocycles. The average molecular weight is 394 g/mol. The molecule has 0 atom stereocenters. The molecule has 2 aromatic rings. The molecule has 3 amide bonds. The van der Waals surface area contributed by atoms with Gasteiger partial charge in [0.2, 0.25) is 5.91 Å². The predicted octanol–water partition coefficient (Wildman–Crippen LogP) is 3.30. The number of nitrogens with one attached hydrogen (secondary N) is 3. The molecule has 26 heavy (non-hydrogen) atoms. The van der Waals surface area contributed by atoms with E-state index >= 15 is 0 Å². The van der Waals surface area contributed by atoms with Crippen molar-refractivity contribution in [2.75, 3.05) is 17.2 Å². The van der Waals surface area contributed by atoms with Crippen LogP contribution in [0, 0.1) is 13.8 Å². The number of halogens is 2. The maximum atomic E-state index is 11.9. The van der Waals surface area contributed by atoms with Crippen LogP contribution in [0.3, 0.4) is 0 Å². The Bertz CT molecular complexity index is 828. The Labute approximate surface area is 160 Å². The Morgan fingerprint density at radius 3 is 1.88 bits per heavy atom. The van der Waals surface area contributed by atoms with Crippen LogP contribution in [-0.2, 0) is 14.4 Å². The highest BCUT2D eigenvalue weighted by atomic mass is 35.5. The molecule has 0 aliphatic heterocycles. The van der Waals surface area contributed by atoms with Crippen molar-refractivity contribution in [2.45, 2.75) is 13.8 Å². The van der Waals surface area contributed by atoms with Crippen molar-refractivity contribution in [3.8, 4) is 0 Å². The van der Waals surface area contributed by atoms with E-state index in [2.05, 4.69) is 16.0 Å². The van der Waals surface area contributed by atoms with Crippen LogP contribution in [-0.4, -0.2) is 24.3 Å². The third kappa shape index (κ3) is 6.06. The minimum absolute atomic E-state index is 0.365. The third-order valence-electron chi connectivity index (χ3n) is 3.24. The molecule has 0 saturated heterocycles. The van der Waals surface area contributed by atoms with Gasteiger partial charge in [-0.25, -0.2) is 0 Å². The fourth-order valence-electron chi connectivity index (χ4n) is 2.31. The lowest BCUT2D eigenvalue weighted by molar-refractivity contribution is -0.136. The lowest BCUT2D eigenvalue weighted by atomic mass is 10.1. The number of aryl methyl sites for hydroxylation is 2. The molecule has 0 aromatic heterocycles. The highest BCUT2D eigenvalue weighted by Crippen LogP contribution is 2.22. The molecule has 0 heterocycles. The standard InChI is InChI=1S/C18H17Cl2N3O3/c1-10-3-11(2)5-14(4-10)23-18(26)17(25)21-9-16(24)22-15-7-12(19)6-13(20)8-15/h3-8H,9H2,1-2H3,(H,21,25)(H,22,24)(H,23,26). The zero-order valence-electron chi connectivity index (χ0n) is 14.2. The Morgan fingerprint density at radius 1 is 0.769 bits per heavy atom. The summed E-state index contributed by atoms with van der Waals surface area (Å²) in [6.45, 7) is 3.40. The monoisotopic (exact) mass is 393 g/mol. The molecule has 6 nitrogen and oxygen atoms in total. The Kier molecular flexibility index (Phi) is 6.60. The van der Waals surface area contributed by atoms with Gasteiger partial charge in [0.25, 0.3) is 0 Å². The fourth-order valence-corrected chi connectivity index (χ4v) is 2.83. The van der Waals surface area contributed by atoms with E-state index in [1.54, 1.807) is 12.1 Å². The van der Waals surface area contributed by atoms with Crippen molar-refractivity contribution < 1.29 is 14.4 Å². The first-order valence-corrected chi connectivity index (χ1v) is 8.42. The van der Waals surface area contributed by atoms with Crippen molar-refractivity contribution in [3.05, 3.63) is 57.6 Å². The molecular formula is C18H17Cl2N3O3. The van der Waals surface area contributed by atoms with E-state index in [-0.39, 0.29) is 6.54 Å². The second kappa shape index (κ2) is 8.69. The summed E-state index contributed by atoms with van der Waals surface area (Å²) in [5.41, 5.74) is 2.82. The lowest BCUT2D eigenvalue weighted by Crippen LogP contribution is -2.39. The molecular weight excluding hydrogens is 377 g/mol. The molecule has 0 spiro atoms. The Morgan fingerprint density at radius 2 is 1.31 bits per heavy atom. The van der Waals surface area contributed by atoms with Crippen LogP contribution in [0.4, 0.5) is 11.4 Å². The number of benzene rings is 2. The van der Waals surface area contributed by atoms with Crippen LogP contribution >= 0.6 is 23.2 Å². The van der Waals surface area contributed by atoms with Gasteiger partial charge >= 0.3 is 11.8 Å². The number of anilines is 2. The first kappa shape index (κ1) is 19.8. The van der Waals surface area contributed by atoms with Crippen molar-refractivity contribution in [2.24, 2.45) is 0 Å². The molecule has 2 aromatic carbocycles. The zero-order chi connectivity index (χ0) is 19.3. The number of carbonyl (C=O) groups excluding carboxylic acids is 3. The maximum absolute atomic E-state index is 11.9. The topological polar surface area (TPSA) is 87.3 Å². The van der Waals surface area contributed by atoms with Gasteiger partial charge < -0.3 is 16.0 Å². The van der Waals surface area contributed by atoms with E-state index in [1.165, 1.54) is 18.2 Å². The average Bonchev–Trinajstić information content (AvgIpc) is 2.50. The SMILES string of the molecule is Cc1cc(C)cc(NC(=O)C(=O)NCC(=O)Nc2cc(Cl)cc(Cl)c2)c1. The highest BCUT2D eigenvalue weighted by molar-refractivity contribution is 6.40. The summed E-state index contributed by atoms with van der Waals surface area (Å²) in [6, 6.07) is 9.99. The second-order valence-electron chi connectivity index (χ2n) is 5.72. The molecule has 8 heteroatoms. The summed E-state index contributed by atoms with van der Waals surface area (Å²) < 4.78 is 0. The van der Waals surface area contributed by atoms with Gasteiger partial charge in [-0.2, -0.15) is 0 Å². The lowest BCUT2D eigenvalue weighted by Gasteiger charge is -2.09. The normalized spacial score (nSPS) is 10.2. The molecule has 0 fully saturated rings. The Balaban J connectivity index is 1.86. The van der Waals surface area contributed by atoms with E-state index in [1.807, 2.05) is 19.9 Å². The van der Waals surface area contributed by atoms with Crippen LogP contribution in [0.5, 0.6) is 0 Å². The van der Waals surface area contributed by atoms with Crippen LogP contribution in [0.15, 0.2) is 36.4 Å². The van der Waals surface area contributed by atoms with Gasteiger partial charge in [-0.05, 0) is 55.3 Å². The van der Waals surface area contributed by atoms with E-state index in [0.29, 0.717) is 21.4 Å². The van der Waals surface area contributed by atoms with Crippen LogP contribution in [0.25, 0.3) is 0 Å². The molecule has 0 radical (unpaired) electrons. The first-order valence-electron chi connectivity index (χ1n) is 7.66. The van der Waals surface area contributed by atoms with Crippen molar-refractivity contribution in [1.29, 1.82) is 0 Å². The number of rotatable bonds is 4. The molecule has 136 valence electrons. The van der Waals surface area contributed by atoms with Crippen molar-refractivity contribution in [1.82, 2.24) is 5.32 Å². The van der Waals surface area contributed by atoms with Gasteiger partial charge in [-0.3, -0.25) is 14.4 Å². The smallest absolute Gasteiger partial charge is 0.313 e. The quantitative estimate of drug-likeness (QED) is 0.696. The van der Waals surface area contributed by atoms with Crippen molar-refractivity contribution in [3.63, 3.8) is 0 Å². The van der Waals surface area contributed by atoms with Gasteiger partial charge in [0, 0.05) is 21.4 Å². The first-order chi connectivity index (χ1) is 12.2. The van der Waals surface area contributed by atoms with Gasteiger partial charge in [0.15, 0.2) is 0 Å². The molecule has 0 saturated carbocycles. The number of carbonyl (C=O) groups is 3. The highest BCUT2D eigenvalue weighted by Gasteiger charge is 2.15. The Hall–Kier alpha value is -2.57. The summed E-state index contributed by atoms with van der Waals surface area (Å²) in [5.74, 6) is -2.28. The van der Waals surface area contributed by atoms with Gasteiger partial charge in [0.1, 0.15) is 0 Å². The minimum atomic E-state index is -0.913. The summed E-state index contributed by atoms with van der Waals surface area (Å²) in [4.78, 5) is 35.6. The predicted molar refractivity (Wildman–Crippen MR) is 103 cm³/mol. The summed E-state index contributed by atoms with van der Waals surface area (Å²) in [5, 5.41) is 8.01. The zero-order valence-corrected chi connectivity index (χ0v) is 15.7. The molecule has 0 unspecified atom stereocenters. The fraction of sp³-hybridized carbons (Fsp3) is 0.167. The molecule has 0 aliphatic rings. The van der Waals surface area contributed by atoms with Crippen LogP contribution in [0.2, 0.25) is 10.0 Å². The summed E-state index contributed by atoms with van der Waals surface area (Å²) >= 11 is 11.7. The van der Waals surface area contributed by atoms with Gasteiger partial charge in [0.05, 0.1) is 6.54 Å². The van der Waals surface area contributed by atoms with Crippen molar-refractivity contribution >= 4 is 52.3 Å². The number of hydrogen-bond acceptors (Lipinski definition) is 3. The number of hydrogen-bond donors (Lipinski definition) is 3. The molecule has 2 rings (SSSR count). The molecule has 3 N–H and O–H groups in total. The van der Waals surface area contributed by atoms with Gasteiger partial charge in [-0.1, -0.05) is 29.3 Å². The second-order valence-corrected chi connectivity index (χ2v) is 6.59. The van der Waals surface area contributed by atoms with E-state index in [9.17, 15) is 14.4 Å². The number of amides is 3. The molecule has 0 bridgehead atoms. The minimum Gasteiger partial charge on any atom is -0.339 e. The third-order valence-corrected chi connectivity index (χ3v) is 3.68. The van der Waals surface area contributed by atoms with E-state index in [0.717, 1.165) is 11.1 Å². The van der Waals surface area contributed by atoms with E-state index < -0.39 is 17.7 Å². The van der Waals surface area contributed by atoms with E-state index in [4.69, 9.17) is 23.2 Å².